The number of aromatic nitrogens is 4. The van der Waals surface area contributed by atoms with E-state index in [9.17, 15) is 52.7 Å². The Morgan fingerprint density at radius 3 is 1.06 bits per heavy atom. The molecule has 24 heteroatoms. The van der Waals surface area contributed by atoms with Crippen LogP contribution in [-0.4, -0.2) is 84.8 Å². The quantitative estimate of drug-likeness (QED) is 0.0749. The fourth-order valence-corrected chi connectivity index (χ4v) is 9.37. The van der Waals surface area contributed by atoms with Crippen molar-refractivity contribution in [1.29, 1.82) is 0 Å². The number of anilines is 3. The van der Waals surface area contributed by atoms with E-state index in [1.54, 1.807) is 73.1 Å². The standard InChI is InChI=1S/C31H28F6N4O3.C27H21F6N3O2/c32-30(33,34)43-26-10-4-8-23(16-26)29(18-22-6-2-1-3-7-22,24-9-5-11-27(17-24)44-31(35,36)37)21-40-28-38-19-25(20-39-28)41-12-14-42-15-13-41;28-26(29,30)37-22-11-4-9-20(15-22)25(17-19-7-2-1-3-8-19,18-36-24-34-13-6-14-35-24)21-10-5-12-23(16-21)38-27(31,32)33/h1-11,16-17,19-20H,12-15,18,21H2,(H,38,39,40);1-16H,17-18H2,(H,34,35,36). The molecule has 1 aliphatic rings. The third kappa shape index (κ3) is 17.1. The summed E-state index contributed by atoms with van der Waals surface area (Å²) in [4.78, 5) is 19.2. The minimum Gasteiger partial charge on any atom is -0.406 e. The number of benzene rings is 6. The van der Waals surface area contributed by atoms with Crippen molar-refractivity contribution >= 4 is 17.6 Å². The van der Waals surface area contributed by atoms with Crippen LogP contribution < -0.4 is 34.5 Å². The zero-order chi connectivity index (χ0) is 58.4. The highest BCUT2D eigenvalue weighted by Gasteiger charge is 2.41. The molecule has 430 valence electrons. The van der Waals surface area contributed by atoms with Gasteiger partial charge in [0.1, 0.15) is 23.0 Å². The summed E-state index contributed by atoms with van der Waals surface area (Å²) in [6, 6.07) is 41.2. The zero-order valence-electron chi connectivity index (χ0n) is 42.9. The SMILES string of the molecule is FC(F)(F)Oc1cccc(C(CNc2ncc(N3CCOCC3)cn2)(Cc2ccccc2)c2cccc(OC(F)(F)F)c2)c1.FC(F)(F)Oc1cccc(C(CNc2ncccn2)(Cc2ccccc2)c2cccc(OC(F)(F)F)c2)c1. The molecular weight excluding hydrogens is 1100 g/mol. The summed E-state index contributed by atoms with van der Waals surface area (Å²) >= 11 is 0. The van der Waals surface area contributed by atoms with E-state index in [2.05, 4.69) is 54.4 Å². The topological polar surface area (TPSA) is 125 Å². The second kappa shape index (κ2) is 25.8. The molecule has 1 aliphatic heterocycles. The average Bonchev–Trinajstić information content (AvgIpc) is 3.17. The molecule has 8 aromatic rings. The molecule has 0 saturated carbocycles. The van der Waals surface area contributed by atoms with Gasteiger partial charge >= 0.3 is 25.4 Å². The van der Waals surface area contributed by atoms with Crippen molar-refractivity contribution in [2.75, 3.05) is 54.9 Å². The maximum atomic E-state index is 13.2. The second-order valence-electron chi connectivity index (χ2n) is 18.4. The molecule has 0 bridgehead atoms. The molecule has 12 nitrogen and oxygen atoms in total. The number of rotatable bonds is 19. The molecule has 0 spiro atoms. The predicted octanol–water partition coefficient (Wildman–Crippen LogP) is 13.7. The lowest BCUT2D eigenvalue weighted by Crippen LogP contribution is -2.39. The lowest BCUT2D eigenvalue weighted by atomic mass is 9.70. The van der Waals surface area contributed by atoms with Gasteiger partial charge in [-0.2, -0.15) is 0 Å². The molecule has 2 aromatic heterocycles. The lowest BCUT2D eigenvalue weighted by Gasteiger charge is -2.36. The summed E-state index contributed by atoms with van der Waals surface area (Å²) in [5.41, 5.74) is 1.32. The monoisotopic (exact) mass is 1150 g/mol. The van der Waals surface area contributed by atoms with Crippen LogP contribution >= 0.6 is 0 Å². The molecule has 0 aliphatic carbocycles. The number of nitrogens with one attached hydrogen (secondary N) is 2. The van der Waals surface area contributed by atoms with Gasteiger partial charge in [-0.25, -0.2) is 19.9 Å². The Bertz CT molecular complexity index is 3160. The number of alkyl halides is 12. The van der Waals surface area contributed by atoms with Crippen LogP contribution in [-0.2, 0) is 28.4 Å². The van der Waals surface area contributed by atoms with Crippen LogP contribution in [0.5, 0.6) is 23.0 Å². The smallest absolute Gasteiger partial charge is 0.406 e. The number of hydrogen-bond donors (Lipinski definition) is 2. The van der Waals surface area contributed by atoms with E-state index in [-0.39, 0.29) is 37.8 Å². The third-order valence-electron chi connectivity index (χ3n) is 12.9. The van der Waals surface area contributed by atoms with Crippen molar-refractivity contribution in [3.05, 3.63) is 222 Å². The summed E-state index contributed by atoms with van der Waals surface area (Å²) in [7, 11) is 0. The highest BCUT2D eigenvalue weighted by molar-refractivity contribution is 5.52. The van der Waals surface area contributed by atoms with Gasteiger partial charge in [-0.05, 0) is 101 Å². The number of nitrogens with zero attached hydrogens (tertiary/aromatic N) is 5. The fourth-order valence-electron chi connectivity index (χ4n) is 9.37. The maximum absolute atomic E-state index is 13.2. The van der Waals surface area contributed by atoms with Gasteiger partial charge in [0.15, 0.2) is 0 Å². The first-order valence-corrected chi connectivity index (χ1v) is 24.9. The van der Waals surface area contributed by atoms with Crippen LogP contribution in [0.15, 0.2) is 189 Å². The Hall–Kier alpha value is -8.80. The summed E-state index contributed by atoms with van der Waals surface area (Å²) in [5.74, 6) is -1.42. The molecule has 9 rings (SSSR count). The number of halogens is 12. The van der Waals surface area contributed by atoms with Crippen molar-refractivity contribution in [1.82, 2.24) is 19.9 Å². The Kier molecular flexibility index (Phi) is 18.6. The maximum Gasteiger partial charge on any atom is 0.573 e. The first kappa shape index (κ1) is 59.3. The molecule has 3 heterocycles. The lowest BCUT2D eigenvalue weighted by molar-refractivity contribution is -0.275. The Morgan fingerprint density at radius 2 is 0.732 bits per heavy atom. The Balaban J connectivity index is 0.000000217. The van der Waals surface area contributed by atoms with Crippen molar-refractivity contribution in [2.45, 2.75) is 49.1 Å². The van der Waals surface area contributed by atoms with Gasteiger partial charge in [0.2, 0.25) is 11.9 Å². The average molecular weight is 1150 g/mol. The first-order chi connectivity index (χ1) is 39.0. The highest BCUT2D eigenvalue weighted by atomic mass is 19.4. The van der Waals surface area contributed by atoms with E-state index in [4.69, 9.17) is 4.74 Å². The normalized spacial score (nSPS) is 13.3. The summed E-state index contributed by atoms with van der Waals surface area (Å²) in [5, 5.41) is 6.27. The van der Waals surface area contributed by atoms with Crippen LogP contribution in [0.25, 0.3) is 0 Å². The number of hydrogen-bond acceptors (Lipinski definition) is 12. The van der Waals surface area contributed by atoms with Crippen LogP contribution in [0.4, 0.5) is 70.3 Å². The number of ether oxygens (including phenoxy) is 5. The molecule has 0 atom stereocenters. The van der Waals surface area contributed by atoms with Crippen LogP contribution in [0.2, 0.25) is 0 Å². The largest absolute Gasteiger partial charge is 0.573 e. The minimum absolute atomic E-state index is 0.0102. The van der Waals surface area contributed by atoms with Crippen molar-refractivity contribution in [3.63, 3.8) is 0 Å². The summed E-state index contributed by atoms with van der Waals surface area (Å²) in [6.07, 6.45) is -13.1. The van der Waals surface area contributed by atoms with E-state index < -0.39 is 59.3 Å². The van der Waals surface area contributed by atoms with Gasteiger partial charge in [-0.3, -0.25) is 0 Å². The minimum atomic E-state index is -4.95. The fraction of sp³-hybridized carbons (Fsp3) is 0.241. The number of morpholine rings is 1. The molecule has 0 unspecified atom stereocenters. The van der Waals surface area contributed by atoms with Crippen LogP contribution in [0.3, 0.4) is 0 Å². The third-order valence-corrected chi connectivity index (χ3v) is 12.9. The van der Waals surface area contributed by atoms with Crippen molar-refractivity contribution < 1.29 is 76.4 Å². The van der Waals surface area contributed by atoms with E-state index in [1.807, 2.05) is 30.3 Å². The van der Waals surface area contributed by atoms with E-state index in [0.717, 1.165) is 41.1 Å². The van der Waals surface area contributed by atoms with Gasteiger partial charge in [0, 0.05) is 49.4 Å². The van der Waals surface area contributed by atoms with Crippen molar-refractivity contribution in [2.24, 2.45) is 0 Å². The van der Waals surface area contributed by atoms with Crippen LogP contribution in [0.1, 0.15) is 33.4 Å². The summed E-state index contributed by atoms with van der Waals surface area (Å²) < 4.78 is 180. The van der Waals surface area contributed by atoms with E-state index in [0.29, 0.717) is 48.6 Å². The van der Waals surface area contributed by atoms with E-state index in [1.165, 1.54) is 60.9 Å². The highest BCUT2D eigenvalue weighted by Crippen LogP contribution is 2.43. The van der Waals surface area contributed by atoms with Crippen LogP contribution in [0, 0.1) is 0 Å². The molecule has 6 aromatic carbocycles. The molecular formula is C58H49F12N7O5. The van der Waals surface area contributed by atoms with Gasteiger partial charge in [0.25, 0.3) is 0 Å². The predicted molar refractivity (Wildman–Crippen MR) is 278 cm³/mol. The molecule has 2 N–H and O–H groups in total. The Morgan fingerprint density at radius 1 is 0.402 bits per heavy atom. The first-order valence-electron chi connectivity index (χ1n) is 24.9. The van der Waals surface area contributed by atoms with Gasteiger partial charge in [0.05, 0.1) is 31.3 Å². The molecule has 0 amide bonds. The molecule has 0 radical (unpaired) electrons. The second-order valence-corrected chi connectivity index (χ2v) is 18.4. The van der Waals surface area contributed by atoms with E-state index >= 15 is 0 Å². The van der Waals surface area contributed by atoms with Gasteiger partial charge in [-0.15, -0.1) is 52.7 Å². The molecule has 1 fully saturated rings. The molecule has 1 saturated heterocycles. The van der Waals surface area contributed by atoms with Gasteiger partial charge in [-0.1, -0.05) is 109 Å². The summed E-state index contributed by atoms with van der Waals surface area (Å²) in [6.45, 7) is 2.53. The van der Waals surface area contributed by atoms with Crippen molar-refractivity contribution in [3.8, 4) is 23.0 Å². The zero-order valence-corrected chi connectivity index (χ0v) is 42.9. The van der Waals surface area contributed by atoms with Gasteiger partial charge < -0.3 is 39.2 Å². The Labute approximate surface area is 461 Å². The molecule has 82 heavy (non-hydrogen) atoms.